The number of nitriles is 1. The van der Waals surface area contributed by atoms with Gasteiger partial charge in [-0.3, -0.25) is 10.1 Å². The van der Waals surface area contributed by atoms with Gasteiger partial charge in [-0.1, -0.05) is 43.4 Å². The van der Waals surface area contributed by atoms with Crippen LogP contribution in [0.15, 0.2) is 54.1 Å². The maximum atomic E-state index is 12.5. The van der Waals surface area contributed by atoms with E-state index in [4.69, 9.17) is 14.2 Å². The van der Waals surface area contributed by atoms with Crippen LogP contribution in [0.25, 0.3) is 6.08 Å². The van der Waals surface area contributed by atoms with Crippen LogP contribution in [-0.4, -0.2) is 36.4 Å². The van der Waals surface area contributed by atoms with Crippen molar-refractivity contribution in [3.8, 4) is 23.3 Å². The zero-order chi connectivity index (χ0) is 24.3. The van der Waals surface area contributed by atoms with E-state index in [9.17, 15) is 10.1 Å². The Bertz CT molecular complexity index is 1170. The van der Waals surface area contributed by atoms with Gasteiger partial charge < -0.3 is 14.2 Å². The molecule has 1 amide bonds. The number of ether oxygens (including phenoxy) is 3. The van der Waals surface area contributed by atoms with Crippen LogP contribution in [0.4, 0.5) is 5.13 Å². The fourth-order valence-corrected chi connectivity index (χ4v) is 3.83. The quantitative estimate of drug-likeness (QED) is 0.241. The van der Waals surface area contributed by atoms with Crippen molar-refractivity contribution in [1.29, 1.82) is 5.26 Å². The molecule has 0 radical (unpaired) electrons. The van der Waals surface area contributed by atoms with Gasteiger partial charge in [0.15, 0.2) is 0 Å². The van der Waals surface area contributed by atoms with Gasteiger partial charge in [-0.05, 0) is 41.8 Å². The van der Waals surface area contributed by atoms with Crippen molar-refractivity contribution < 1.29 is 19.0 Å². The third kappa shape index (κ3) is 7.60. The SMILES string of the molecule is COc1cccc(OCCOc2ccc(/C=C(/C#N)C(=O)Nc3nnc(CC(C)C)s3)cc2)c1. The Hall–Kier alpha value is -3.90. The highest BCUT2D eigenvalue weighted by Crippen LogP contribution is 2.21. The number of rotatable bonds is 11. The Balaban J connectivity index is 1.51. The van der Waals surface area contributed by atoms with Crippen LogP contribution >= 0.6 is 11.3 Å². The number of benzene rings is 2. The fourth-order valence-electron chi connectivity index (χ4n) is 2.89. The maximum absolute atomic E-state index is 12.5. The molecule has 1 N–H and O–H groups in total. The molecule has 9 heteroatoms. The van der Waals surface area contributed by atoms with Crippen LogP contribution in [0.5, 0.6) is 17.2 Å². The Labute approximate surface area is 202 Å². The molecule has 0 fully saturated rings. The zero-order valence-electron chi connectivity index (χ0n) is 19.3. The summed E-state index contributed by atoms with van der Waals surface area (Å²) in [6.07, 6.45) is 2.30. The molecule has 0 aliphatic carbocycles. The monoisotopic (exact) mass is 478 g/mol. The van der Waals surface area contributed by atoms with E-state index < -0.39 is 5.91 Å². The van der Waals surface area contributed by atoms with Crippen molar-refractivity contribution in [3.05, 3.63) is 64.7 Å². The Morgan fingerprint density at radius 3 is 2.47 bits per heavy atom. The summed E-state index contributed by atoms with van der Waals surface area (Å²) in [5.41, 5.74) is 0.672. The first-order valence-electron chi connectivity index (χ1n) is 10.7. The molecule has 176 valence electrons. The number of carbonyl (C=O) groups excluding carboxylic acids is 1. The van der Waals surface area contributed by atoms with E-state index in [1.165, 1.54) is 17.4 Å². The van der Waals surface area contributed by atoms with E-state index >= 15 is 0 Å². The summed E-state index contributed by atoms with van der Waals surface area (Å²) in [5, 5.41) is 21.3. The van der Waals surface area contributed by atoms with Crippen molar-refractivity contribution in [2.24, 2.45) is 5.92 Å². The second-order valence-corrected chi connectivity index (χ2v) is 8.73. The van der Waals surface area contributed by atoms with Gasteiger partial charge in [0.1, 0.15) is 47.1 Å². The normalized spacial score (nSPS) is 11.1. The Morgan fingerprint density at radius 1 is 1.09 bits per heavy atom. The van der Waals surface area contributed by atoms with Gasteiger partial charge in [0.05, 0.1) is 7.11 Å². The standard InChI is InChI=1S/C25H26N4O4S/c1-17(2)13-23-28-29-25(34-23)27-24(30)19(16-26)14-18-7-9-20(10-8-18)32-11-12-33-22-6-4-5-21(15-22)31-3/h4-10,14-15,17H,11-13H2,1-3H3,(H,27,29,30)/b19-14-. The minimum absolute atomic E-state index is 0.0269. The molecule has 34 heavy (non-hydrogen) atoms. The lowest BCUT2D eigenvalue weighted by molar-refractivity contribution is -0.112. The highest BCUT2D eigenvalue weighted by Gasteiger charge is 2.13. The van der Waals surface area contributed by atoms with E-state index in [-0.39, 0.29) is 5.57 Å². The number of hydrogen-bond donors (Lipinski definition) is 1. The number of amides is 1. The maximum Gasteiger partial charge on any atom is 0.268 e. The lowest BCUT2D eigenvalue weighted by Crippen LogP contribution is -2.13. The molecule has 0 spiro atoms. The molecule has 3 aromatic rings. The number of nitrogens with one attached hydrogen (secondary N) is 1. The molecule has 0 aliphatic rings. The predicted molar refractivity (Wildman–Crippen MR) is 131 cm³/mol. The molecule has 2 aromatic carbocycles. The van der Waals surface area contributed by atoms with Crippen molar-refractivity contribution in [3.63, 3.8) is 0 Å². The third-order valence-corrected chi connectivity index (χ3v) is 5.35. The van der Waals surface area contributed by atoms with Crippen molar-refractivity contribution in [2.75, 3.05) is 25.6 Å². The lowest BCUT2D eigenvalue weighted by atomic mass is 10.1. The van der Waals surface area contributed by atoms with E-state index in [0.717, 1.165) is 17.2 Å². The number of nitrogens with zero attached hydrogens (tertiary/aromatic N) is 3. The minimum Gasteiger partial charge on any atom is -0.497 e. The molecule has 3 rings (SSSR count). The molecule has 0 atom stereocenters. The topological polar surface area (TPSA) is 106 Å². The molecule has 0 aliphatic heterocycles. The molecular weight excluding hydrogens is 452 g/mol. The third-order valence-electron chi connectivity index (χ3n) is 4.49. The first kappa shape index (κ1) is 24.7. The van der Waals surface area contributed by atoms with Crippen LogP contribution in [0.2, 0.25) is 0 Å². The molecule has 0 saturated carbocycles. The molecule has 1 aromatic heterocycles. The zero-order valence-corrected chi connectivity index (χ0v) is 20.1. The van der Waals surface area contributed by atoms with Gasteiger partial charge in [0, 0.05) is 12.5 Å². The minimum atomic E-state index is -0.523. The summed E-state index contributed by atoms with van der Waals surface area (Å²) in [7, 11) is 1.61. The number of anilines is 1. The highest BCUT2D eigenvalue weighted by molar-refractivity contribution is 7.15. The van der Waals surface area contributed by atoms with Crippen LogP contribution in [0, 0.1) is 17.2 Å². The molecular formula is C25H26N4O4S. The van der Waals surface area contributed by atoms with Gasteiger partial charge in [-0.25, -0.2) is 0 Å². The summed E-state index contributed by atoms with van der Waals surface area (Å²) < 4.78 is 16.5. The average molecular weight is 479 g/mol. The second-order valence-electron chi connectivity index (χ2n) is 7.67. The van der Waals surface area contributed by atoms with Crippen molar-refractivity contribution in [1.82, 2.24) is 10.2 Å². The first-order chi connectivity index (χ1) is 16.5. The summed E-state index contributed by atoms with van der Waals surface area (Å²) in [6.45, 7) is 4.91. The average Bonchev–Trinajstić information content (AvgIpc) is 3.27. The summed E-state index contributed by atoms with van der Waals surface area (Å²) in [6, 6.07) is 16.4. The molecule has 0 bridgehead atoms. The van der Waals surface area contributed by atoms with Gasteiger partial charge in [-0.15, -0.1) is 10.2 Å². The summed E-state index contributed by atoms with van der Waals surface area (Å²) >= 11 is 1.31. The molecule has 0 unspecified atom stereocenters. The first-order valence-corrected chi connectivity index (χ1v) is 11.5. The fraction of sp³-hybridized carbons (Fsp3) is 0.280. The molecule has 8 nitrogen and oxygen atoms in total. The smallest absolute Gasteiger partial charge is 0.268 e. The van der Waals surface area contributed by atoms with Gasteiger partial charge in [0.2, 0.25) is 5.13 Å². The van der Waals surface area contributed by atoms with E-state index in [2.05, 4.69) is 29.4 Å². The number of aromatic nitrogens is 2. The van der Waals surface area contributed by atoms with Gasteiger partial charge >= 0.3 is 0 Å². The lowest BCUT2D eigenvalue weighted by Gasteiger charge is -2.09. The second kappa shape index (κ2) is 12.4. The molecule has 1 heterocycles. The Kier molecular flexibility index (Phi) is 9.00. The van der Waals surface area contributed by atoms with Gasteiger partial charge in [-0.2, -0.15) is 5.26 Å². The molecule has 0 saturated heterocycles. The van der Waals surface area contributed by atoms with Crippen molar-refractivity contribution in [2.45, 2.75) is 20.3 Å². The van der Waals surface area contributed by atoms with E-state index in [1.54, 1.807) is 37.4 Å². The highest BCUT2D eigenvalue weighted by atomic mass is 32.1. The number of hydrogen-bond acceptors (Lipinski definition) is 8. The Morgan fingerprint density at radius 2 is 1.79 bits per heavy atom. The van der Waals surface area contributed by atoms with Crippen LogP contribution < -0.4 is 19.5 Å². The van der Waals surface area contributed by atoms with Crippen LogP contribution in [0.3, 0.4) is 0 Å². The predicted octanol–water partition coefficient (Wildman–Crippen LogP) is 4.75. The largest absolute Gasteiger partial charge is 0.497 e. The van der Waals surface area contributed by atoms with Crippen LogP contribution in [-0.2, 0) is 11.2 Å². The van der Waals surface area contributed by atoms with Crippen LogP contribution in [0.1, 0.15) is 24.4 Å². The van der Waals surface area contributed by atoms with E-state index in [1.807, 2.05) is 24.3 Å². The van der Waals surface area contributed by atoms with Gasteiger partial charge in [0.25, 0.3) is 5.91 Å². The van der Waals surface area contributed by atoms with Crippen molar-refractivity contribution >= 4 is 28.5 Å². The number of carbonyl (C=O) groups is 1. The summed E-state index contributed by atoms with van der Waals surface area (Å²) in [4.78, 5) is 12.5. The number of methoxy groups -OCH3 is 1. The summed E-state index contributed by atoms with van der Waals surface area (Å²) in [5.74, 6) is 2.01. The van der Waals surface area contributed by atoms with E-state index in [0.29, 0.717) is 41.3 Å².